The predicted molar refractivity (Wildman–Crippen MR) is 80.0 cm³/mol. The summed E-state index contributed by atoms with van der Waals surface area (Å²) < 4.78 is 0. The van der Waals surface area contributed by atoms with Crippen LogP contribution in [0.25, 0.3) is 0 Å². The lowest BCUT2D eigenvalue weighted by Gasteiger charge is -2.20. The molecule has 3 heteroatoms. The van der Waals surface area contributed by atoms with Gasteiger partial charge in [0.25, 0.3) is 0 Å². The van der Waals surface area contributed by atoms with Gasteiger partial charge in [-0.3, -0.25) is 4.98 Å². The van der Waals surface area contributed by atoms with Gasteiger partial charge >= 0.3 is 0 Å². The topological polar surface area (TPSA) is 42.1 Å². The molecule has 19 heavy (non-hydrogen) atoms. The van der Waals surface area contributed by atoms with Crippen LogP contribution in [0.1, 0.15) is 30.5 Å². The number of anilines is 1. The molecule has 0 saturated heterocycles. The minimum absolute atomic E-state index is 0.138. The fourth-order valence-corrected chi connectivity index (χ4v) is 2.07. The number of aromatic nitrogens is 1. The van der Waals surface area contributed by atoms with Crippen molar-refractivity contribution < 1.29 is 0 Å². The van der Waals surface area contributed by atoms with Crippen molar-refractivity contribution in [1.29, 1.82) is 0 Å². The highest BCUT2D eigenvalue weighted by atomic mass is 15.1. The van der Waals surface area contributed by atoms with Gasteiger partial charge in [-0.25, -0.2) is 0 Å². The van der Waals surface area contributed by atoms with Crippen LogP contribution < -0.4 is 10.6 Å². The number of hydrogen-bond acceptors (Lipinski definition) is 3. The first kappa shape index (κ1) is 13.6. The number of benzene rings is 1. The maximum atomic E-state index is 6.02. The van der Waals surface area contributed by atoms with Gasteiger partial charge in [0.05, 0.1) is 0 Å². The van der Waals surface area contributed by atoms with Gasteiger partial charge in [0, 0.05) is 37.7 Å². The molecule has 0 aliphatic rings. The molecule has 0 spiro atoms. The van der Waals surface area contributed by atoms with Gasteiger partial charge in [-0.15, -0.1) is 0 Å². The summed E-state index contributed by atoms with van der Waals surface area (Å²) in [4.78, 5) is 6.25. The lowest BCUT2D eigenvalue weighted by atomic mass is 10.1. The van der Waals surface area contributed by atoms with Crippen LogP contribution in [0.4, 0.5) is 5.69 Å². The Bertz CT molecular complexity index is 493. The summed E-state index contributed by atoms with van der Waals surface area (Å²) in [6.45, 7) is 2.98. The van der Waals surface area contributed by atoms with E-state index in [0.29, 0.717) is 0 Å². The van der Waals surface area contributed by atoms with Gasteiger partial charge in [0.1, 0.15) is 0 Å². The van der Waals surface area contributed by atoms with E-state index in [9.17, 15) is 0 Å². The zero-order valence-electron chi connectivity index (χ0n) is 11.6. The predicted octanol–water partition coefficient (Wildman–Crippen LogP) is 3.13. The minimum Gasteiger partial charge on any atom is -0.370 e. The molecule has 0 bridgehead atoms. The zero-order chi connectivity index (χ0) is 13.7. The standard InChI is InChI=1S/C16H21N3/c1-3-16(17)14-4-6-15(7-5-14)19(2)12-13-8-10-18-11-9-13/h4-11,16H,3,12,17H2,1-2H3. The van der Waals surface area contributed by atoms with E-state index in [1.165, 1.54) is 16.8 Å². The summed E-state index contributed by atoms with van der Waals surface area (Å²) in [6, 6.07) is 12.7. The van der Waals surface area contributed by atoms with Crippen molar-refractivity contribution in [2.75, 3.05) is 11.9 Å². The lowest BCUT2D eigenvalue weighted by Crippen LogP contribution is -2.16. The first-order chi connectivity index (χ1) is 9.20. The van der Waals surface area contributed by atoms with E-state index in [1.807, 2.05) is 24.5 Å². The van der Waals surface area contributed by atoms with Crippen LogP contribution in [0.3, 0.4) is 0 Å². The fraction of sp³-hybridized carbons (Fsp3) is 0.312. The second-order valence-electron chi connectivity index (χ2n) is 4.82. The molecule has 1 atom stereocenters. The maximum absolute atomic E-state index is 6.02. The summed E-state index contributed by atoms with van der Waals surface area (Å²) in [5.41, 5.74) is 9.68. The Morgan fingerprint density at radius 3 is 2.32 bits per heavy atom. The number of hydrogen-bond donors (Lipinski definition) is 1. The molecular formula is C16H21N3. The molecule has 0 fully saturated rings. The third kappa shape index (κ3) is 3.55. The summed E-state index contributed by atoms with van der Waals surface area (Å²) in [5.74, 6) is 0. The Hall–Kier alpha value is -1.87. The maximum Gasteiger partial charge on any atom is 0.0427 e. The molecule has 1 aromatic heterocycles. The lowest BCUT2D eigenvalue weighted by molar-refractivity contribution is 0.698. The highest BCUT2D eigenvalue weighted by Crippen LogP contribution is 2.20. The number of nitrogens with two attached hydrogens (primary N) is 1. The minimum atomic E-state index is 0.138. The highest BCUT2D eigenvalue weighted by Gasteiger charge is 2.05. The van der Waals surface area contributed by atoms with E-state index in [2.05, 4.69) is 48.1 Å². The summed E-state index contributed by atoms with van der Waals surface area (Å²) >= 11 is 0. The molecule has 2 aromatic rings. The molecule has 0 saturated carbocycles. The Labute approximate surface area is 115 Å². The fourth-order valence-electron chi connectivity index (χ4n) is 2.07. The third-order valence-corrected chi connectivity index (χ3v) is 3.37. The number of nitrogens with zero attached hydrogens (tertiary/aromatic N) is 2. The summed E-state index contributed by atoms with van der Waals surface area (Å²) in [7, 11) is 2.09. The van der Waals surface area contributed by atoms with Gasteiger partial charge in [0.2, 0.25) is 0 Å². The summed E-state index contributed by atoms with van der Waals surface area (Å²) in [6.07, 6.45) is 4.62. The van der Waals surface area contributed by atoms with E-state index in [0.717, 1.165) is 13.0 Å². The largest absolute Gasteiger partial charge is 0.370 e. The SMILES string of the molecule is CCC(N)c1ccc(N(C)Cc2ccncc2)cc1. The molecule has 0 amide bonds. The molecule has 0 aliphatic heterocycles. The van der Waals surface area contributed by atoms with E-state index in [-0.39, 0.29) is 6.04 Å². The van der Waals surface area contributed by atoms with Crippen molar-refractivity contribution in [3.63, 3.8) is 0 Å². The third-order valence-electron chi connectivity index (χ3n) is 3.37. The van der Waals surface area contributed by atoms with E-state index < -0.39 is 0 Å². The van der Waals surface area contributed by atoms with E-state index in [4.69, 9.17) is 5.73 Å². The van der Waals surface area contributed by atoms with Crippen LogP contribution in [-0.4, -0.2) is 12.0 Å². The Balaban J connectivity index is 2.05. The zero-order valence-corrected chi connectivity index (χ0v) is 11.6. The second kappa shape index (κ2) is 6.34. The van der Waals surface area contributed by atoms with Crippen LogP contribution in [0.5, 0.6) is 0 Å². The van der Waals surface area contributed by atoms with Crippen LogP contribution >= 0.6 is 0 Å². The monoisotopic (exact) mass is 255 g/mol. The molecular weight excluding hydrogens is 234 g/mol. The summed E-state index contributed by atoms with van der Waals surface area (Å²) in [5, 5.41) is 0. The molecule has 1 unspecified atom stereocenters. The van der Waals surface area contributed by atoms with Gasteiger partial charge < -0.3 is 10.6 Å². The van der Waals surface area contributed by atoms with Crippen LogP contribution in [0, 0.1) is 0 Å². The quantitative estimate of drug-likeness (QED) is 0.892. The van der Waals surface area contributed by atoms with Crippen molar-refractivity contribution in [2.45, 2.75) is 25.9 Å². The van der Waals surface area contributed by atoms with Gasteiger partial charge in [-0.1, -0.05) is 19.1 Å². The first-order valence-corrected chi connectivity index (χ1v) is 6.66. The Kier molecular flexibility index (Phi) is 4.53. The van der Waals surface area contributed by atoms with Crippen molar-refractivity contribution in [3.8, 4) is 0 Å². The van der Waals surface area contributed by atoms with E-state index in [1.54, 1.807) is 0 Å². The highest BCUT2D eigenvalue weighted by molar-refractivity contribution is 5.47. The van der Waals surface area contributed by atoms with Crippen LogP contribution in [0.15, 0.2) is 48.8 Å². The molecule has 100 valence electrons. The first-order valence-electron chi connectivity index (χ1n) is 6.66. The van der Waals surface area contributed by atoms with Crippen molar-refractivity contribution in [3.05, 3.63) is 59.9 Å². The van der Waals surface area contributed by atoms with E-state index >= 15 is 0 Å². The van der Waals surface area contributed by atoms with Gasteiger partial charge in [-0.05, 0) is 41.8 Å². The molecule has 0 aliphatic carbocycles. The van der Waals surface area contributed by atoms with Crippen molar-refractivity contribution in [1.82, 2.24) is 4.98 Å². The Morgan fingerprint density at radius 1 is 1.11 bits per heavy atom. The molecule has 3 nitrogen and oxygen atoms in total. The van der Waals surface area contributed by atoms with Gasteiger partial charge in [0.15, 0.2) is 0 Å². The van der Waals surface area contributed by atoms with Crippen LogP contribution in [-0.2, 0) is 6.54 Å². The van der Waals surface area contributed by atoms with Crippen molar-refractivity contribution in [2.24, 2.45) is 5.73 Å². The molecule has 1 aromatic carbocycles. The van der Waals surface area contributed by atoms with Crippen molar-refractivity contribution >= 4 is 5.69 Å². The van der Waals surface area contributed by atoms with Gasteiger partial charge in [-0.2, -0.15) is 0 Å². The second-order valence-corrected chi connectivity index (χ2v) is 4.82. The molecule has 0 radical (unpaired) electrons. The molecule has 2 N–H and O–H groups in total. The number of rotatable bonds is 5. The average Bonchev–Trinajstić information content (AvgIpc) is 2.47. The molecule has 2 rings (SSSR count). The van der Waals surface area contributed by atoms with Crippen LogP contribution in [0.2, 0.25) is 0 Å². The Morgan fingerprint density at radius 2 is 1.74 bits per heavy atom. The normalized spacial score (nSPS) is 12.2. The average molecular weight is 255 g/mol. The molecule has 1 heterocycles. The smallest absolute Gasteiger partial charge is 0.0427 e. The number of pyridine rings is 1.